The second-order valence-electron chi connectivity index (χ2n) is 5.47. The highest BCUT2D eigenvalue weighted by Crippen LogP contribution is 2.31. The maximum atomic E-state index is 12.5. The van der Waals surface area contributed by atoms with E-state index in [0.717, 1.165) is 25.7 Å². The molecule has 5 heteroatoms. The fraction of sp³-hybridized carbons (Fsp3) is 0.500. The van der Waals surface area contributed by atoms with Crippen LogP contribution in [0.2, 0.25) is 0 Å². The Morgan fingerprint density at radius 2 is 1.95 bits per heavy atom. The Labute approximate surface area is 114 Å². The second kappa shape index (κ2) is 4.95. The first-order chi connectivity index (χ1) is 8.86. The molecule has 0 aromatic heterocycles. The van der Waals surface area contributed by atoms with Crippen LogP contribution in [0.4, 0.5) is 0 Å². The van der Waals surface area contributed by atoms with Crippen LogP contribution in [0.3, 0.4) is 0 Å². The lowest BCUT2D eigenvalue weighted by molar-refractivity contribution is 0.427. The Bertz CT molecular complexity index is 623. The van der Waals surface area contributed by atoms with Gasteiger partial charge in [-0.3, -0.25) is 0 Å². The molecule has 0 spiro atoms. The fourth-order valence-electron chi connectivity index (χ4n) is 2.60. The van der Waals surface area contributed by atoms with E-state index in [1.54, 1.807) is 19.1 Å². The van der Waals surface area contributed by atoms with Crippen molar-refractivity contribution in [2.45, 2.75) is 50.0 Å². The molecule has 1 fully saturated rings. The average molecular weight is 278 g/mol. The van der Waals surface area contributed by atoms with Crippen molar-refractivity contribution < 1.29 is 8.42 Å². The molecule has 1 saturated carbocycles. The minimum Gasteiger partial charge on any atom is -0.207 e. The first kappa shape index (κ1) is 14.0. The second-order valence-corrected chi connectivity index (χ2v) is 7.12. The van der Waals surface area contributed by atoms with Gasteiger partial charge in [-0.15, -0.1) is 0 Å². The Kier molecular flexibility index (Phi) is 3.66. The van der Waals surface area contributed by atoms with Crippen LogP contribution in [-0.2, 0) is 10.0 Å². The van der Waals surface area contributed by atoms with Crippen molar-refractivity contribution in [3.63, 3.8) is 0 Å². The lowest BCUT2D eigenvalue weighted by Crippen LogP contribution is -2.43. The number of hydrogen-bond donors (Lipinski definition) is 1. The van der Waals surface area contributed by atoms with Crippen LogP contribution in [0.5, 0.6) is 0 Å². The minimum atomic E-state index is -3.57. The Balaban J connectivity index is 2.37. The highest BCUT2D eigenvalue weighted by atomic mass is 32.2. The molecule has 2 rings (SSSR count). The number of nitriles is 1. The van der Waals surface area contributed by atoms with Crippen LogP contribution in [-0.4, -0.2) is 14.0 Å². The number of rotatable bonds is 3. The molecule has 0 radical (unpaired) electrons. The van der Waals surface area contributed by atoms with E-state index in [-0.39, 0.29) is 10.4 Å². The van der Waals surface area contributed by atoms with Crippen molar-refractivity contribution in [1.82, 2.24) is 4.72 Å². The molecule has 1 N–H and O–H groups in total. The van der Waals surface area contributed by atoms with E-state index in [0.29, 0.717) is 11.1 Å². The molecule has 0 amide bonds. The van der Waals surface area contributed by atoms with Crippen molar-refractivity contribution in [1.29, 1.82) is 5.26 Å². The van der Waals surface area contributed by atoms with Crippen molar-refractivity contribution in [3.8, 4) is 6.07 Å². The first-order valence-electron chi connectivity index (χ1n) is 6.41. The molecule has 1 aliphatic carbocycles. The number of nitrogens with one attached hydrogen (secondary N) is 1. The molecular weight excluding hydrogens is 260 g/mol. The zero-order valence-electron chi connectivity index (χ0n) is 11.2. The minimum absolute atomic E-state index is 0.208. The van der Waals surface area contributed by atoms with Gasteiger partial charge in [0.2, 0.25) is 10.0 Å². The van der Waals surface area contributed by atoms with Crippen LogP contribution >= 0.6 is 0 Å². The van der Waals surface area contributed by atoms with Gasteiger partial charge < -0.3 is 0 Å². The summed E-state index contributed by atoms with van der Waals surface area (Å²) in [5, 5.41) is 8.89. The van der Waals surface area contributed by atoms with Gasteiger partial charge in [-0.05, 0) is 44.4 Å². The molecular formula is C14H18N2O2S. The number of sulfonamides is 1. The Morgan fingerprint density at radius 1 is 1.32 bits per heavy atom. The summed E-state index contributed by atoms with van der Waals surface area (Å²) in [4.78, 5) is 0.208. The maximum absolute atomic E-state index is 12.5. The largest absolute Gasteiger partial charge is 0.241 e. The fourth-order valence-corrected chi connectivity index (χ4v) is 4.33. The third kappa shape index (κ3) is 2.96. The van der Waals surface area contributed by atoms with Crippen LogP contribution in [0, 0.1) is 18.3 Å². The van der Waals surface area contributed by atoms with Crippen molar-refractivity contribution in [3.05, 3.63) is 29.3 Å². The normalized spacial score (nSPS) is 18.2. The molecule has 1 aromatic rings. The van der Waals surface area contributed by atoms with Gasteiger partial charge in [-0.1, -0.05) is 18.9 Å². The number of hydrogen-bond acceptors (Lipinski definition) is 3. The van der Waals surface area contributed by atoms with E-state index in [1.165, 1.54) is 6.07 Å². The smallest absolute Gasteiger partial charge is 0.207 e. The van der Waals surface area contributed by atoms with E-state index in [4.69, 9.17) is 5.26 Å². The quantitative estimate of drug-likeness (QED) is 0.923. The zero-order chi connectivity index (χ0) is 14.1. The van der Waals surface area contributed by atoms with Gasteiger partial charge in [0.25, 0.3) is 0 Å². The van der Waals surface area contributed by atoms with E-state index < -0.39 is 10.0 Å². The van der Waals surface area contributed by atoms with Gasteiger partial charge in [-0.2, -0.15) is 5.26 Å². The van der Waals surface area contributed by atoms with Gasteiger partial charge in [0, 0.05) is 5.54 Å². The van der Waals surface area contributed by atoms with Gasteiger partial charge >= 0.3 is 0 Å². The van der Waals surface area contributed by atoms with E-state index in [1.807, 2.05) is 13.0 Å². The molecule has 4 nitrogen and oxygen atoms in total. The van der Waals surface area contributed by atoms with Crippen LogP contribution < -0.4 is 4.72 Å². The zero-order valence-corrected chi connectivity index (χ0v) is 12.0. The topological polar surface area (TPSA) is 70.0 Å². The molecule has 1 aromatic carbocycles. The summed E-state index contributed by atoms with van der Waals surface area (Å²) in [6.07, 6.45) is 3.83. The molecule has 102 valence electrons. The summed E-state index contributed by atoms with van der Waals surface area (Å²) in [5.74, 6) is 0. The highest BCUT2D eigenvalue weighted by molar-refractivity contribution is 7.89. The lowest BCUT2D eigenvalue weighted by atomic mass is 10.0. The van der Waals surface area contributed by atoms with Crippen LogP contribution in [0.25, 0.3) is 0 Å². The molecule has 19 heavy (non-hydrogen) atoms. The Hall–Kier alpha value is -1.38. The number of aryl methyl sites for hydroxylation is 1. The van der Waals surface area contributed by atoms with E-state index >= 15 is 0 Å². The van der Waals surface area contributed by atoms with Crippen molar-refractivity contribution >= 4 is 10.0 Å². The average Bonchev–Trinajstić information content (AvgIpc) is 2.75. The van der Waals surface area contributed by atoms with Crippen molar-refractivity contribution in [2.24, 2.45) is 0 Å². The molecule has 0 unspecified atom stereocenters. The molecule has 0 atom stereocenters. The van der Waals surface area contributed by atoms with E-state index in [9.17, 15) is 8.42 Å². The summed E-state index contributed by atoms with van der Waals surface area (Å²) in [6.45, 7) is 3.69. The highest BCUT2D eigenvalue weighted by Gasteiger charge is 2.34. The molecule has 1 aliphatic rings. The first-order valence-corrected chi connectivity index (χ1v) is 7.89. The van der Waals surface area contributed by atoms with Crippen LogP contribution in [0.15, 0.2) is 23.1 Å². The molecule has 0 saturated heterocycles. The van der Waals surface area contributed by atoms with E-state index in [2.05, 4.69) is 4.72 Å². The number of benzene rings is 1. The molecule has 0 heterocycles. The standard InChI is InChI=1S/C14H18N2O2S/c1-11-5-6-12(10-15)9-13(11)19(17,18)16-14(2)7-3-4-8-14/h5-6,9,16H,3-4,7-8H2,1-2H3. The number of nitrogens with zero attached hydrogens (tertiary/aromatic N) is 1. The Morgan fingerprint density at radius 3 is 2.53 bits per heavy atom. The monoisotopic (exact) mass is 278 g/mol. The molecule has 0 bridgehead atoms. The van der Waals surface area contributed by atoms with Gasteiger partial charge in [0.05, 0.1) is 16.5 Å². The van der Waals surface area contributed by atoms with Crippen molar-refractivity contribution in [2.75, 3.05) is 0 Å². The SMILES string of the molecule is Cc1ccc(C#N)cc1S(=O)(=O)NC1(C)CCCC1. The van der Waals surface area contributed by atoms with Crippen LogP contribution in [0.1, 0.15) is 43.7 Å². The predicted molar refractivity (Wildman–Crippen MR) is 73.1 cm³/mol. The third-order valence-electron chi connectivity index (χ3n) is 3.69. The molecule has 0 aliphatic heterocycles. The summed E-state index contributed by atoms with van der Waals surface area (Å²) < 4.78 is 27.7. The summed E-state index contributed by atoms with van der Waals surface area (Å²) in [6, 6.07) is 6.72. The third-order valence-corrected chi connectivity index (χ3v) is 5.48. The predicted octanol–water partition coefficient (Wildman–Crippen LogP) is 2.48. The summed E-state index contributed by atoms with van der Waals surface area (Å²) >= 11 is 0. The van der Waals surface area contributed by atoms with Gasteiger partial charge in [0.1, 0.15) is 0 Å². The summed E-state index contributed by atoms with van der Waals surface area (Å²) in [7, 11) is -3.57. The lowest BCUT2D eigenvalue weighted by Gasteiger charge is -2.25. The van der Waals surface area contributed by atoms with Gasteiger partial charge in [0.15, 0.2) is 0 Å². The summed E-state index contributed by atoms with van der Waals surface area (Å²) in [5.41, 5.74) is 0.670. The maximum Gasteiger partial charge on any atom is 0.241 e. The van der Waals surface area contributed by atoms with Gasteiger partial charge in [-0.25, -0.2) is 13.1 Å².